The van der Waals surface area contributed by atoms with Crippen LogP contribution in [0.5, 0.6) is 5.75 Å². The van der Waals surface area contributed by atoms with Crippen molar-refractivity contribution in [2.75, 3.05) is 19.7 Å². The van der Waals surface area contributed by atoms with Crippen LogP contribution in [0.4, 0.5) is 0 Å². The number of benzene rings is 1. The van der Waals surface area contributed by atoms with Gasteiger partial charge in [-0.05, 0) is 49.6 Å². The lowest BCUT2D eigenvalue weighted by Crippen LogP contribution is -2.85. The summed E-state index contributed by atoms with van der Waals surface area (Å²) in [6.07, 6.45) is 1.90. The van der Waals surface area contributed by atoms with Crippen LogP contribution in [0.2, 0.25) is 0 Å². The van der Waals surface area contributed by atoms with Crippen molar-refractivity contribution >= 4 is 0 Å². The van der Waals surface area contributed by atoms with Gasteiger partial charge in [0.1, 0.15) is 18.9 Å². The molecule has 0 aliphatic heterocycles. The molecule has 0 spiro atoms. The number of hydrogen-bond acceptors (Lipinski definition) is 1. The average molecular weight is 220 g/mol. The van der Waals surface area contributed by atoms with E-state index in [1.165, 1.54) is 16.7 Å². The minimum absolute atomic E-state index is 0.748. The van der Waals surface area contributed by atoms with E-state index < -0.39 is 0 Å². The second kappa shape index (κ2) is 6.33. The smallest absolute Gasteiger partial charge is 0.137 e. The molecule has 0 saturated heterocycles. The molecule has 2 heteroatoms. The SMILES string of the molecule is C=CC[NH2+]CCOc1cc(C)cc(C)c1C. The van der Waals surface area contributed by atoms with Gasteiger partial charge in [0.2, 0.25) is 0 Å². The molecule has 0 aromatic heterocycles. The van der Waals surface area contributed by atoms with E-state index >= 15 is 0 Å². The highest BCUT2D eigenvalue weighted by Gasteiger charge is 2.03. The zero-order valence-corrected chi connectivity index (χ0v) is 10.5. The van der Waals surface area contributed by atoms with Crippen LogP contribution >= 0.6 is 0 Å². The zero-order valence-electron chi connectivity index (χ0n) is 10.5. The van der Waals surface area contributed by atoms with Gasteiger partial charge in [0.25, 0.3) is 0 Å². The molecular formula is C14H22NO+. The van der Waals surface area contributed by atoms with Crippen LogP contribution in [-0.2, 0) is 0 Å². The summed E-state index contributed by atoms with van der Waals surface area (Å²) < 4.78 is 5.78. The Balaban J connectivity index is 2.50. The first-order chi connectivity index (χ1) is 7.65. The van der Waals surface area contributed by atoms with Crippen LogP contribution < -0.4 is 10.1 Å². The lowest BCUT2D eigenvalue weighted by molar-refractivity contribution is -0.646. The second-order valence-electron chi connectivity index (χ2n) is 4.16. The van der Waals surface area contributed by atoms with E-state index in [-0.39, 0.29) is 0 Å². The monoisotopic (exact) mass is 220 g/mol. The first kappa shape index (κ1) is 12.8. The fourth-order valence-corrected chi connectivity index (χ4v) is 1.64. The lowest BCUT2D eigenvalue weighted by atomic mass is 10.1. The van der Waals surface area contributed by atoms with Crippen LogP contribution in [0.15, 0.2) is 24.8 Å². The van der Waals surface area contributed by atoms with E-state index in [0.29, 0.717) is 0 Å². The maximum Gasteiger partial charge on any atom is 0.137 e. The van der Waals surface area contributed by atoms with E-state index in [0.717, 1.165) is 25.4 Å². The summed E-state index contributed by atoms with van der Waals surface area (Å²) in [5.74, 6) is 1.02. The van der Waals surface area contributed by atoms with E-state index in [4.69, 9.17) is 4.74 Å². The molecular weight excluding hydrogens is 198 g/mol. The summed E-state index contributed by atoms with van der Waals surface area (Å²) in [4.78, 5) is 0. The van der Waals surface area contributed by atoms with Crippen molar-refractivity contribution in [1.29, 1.82) is 0 Å². The summed E-state index contributed by atoms with van der Waals surface area (Å²) in [7, 11) is 0. The van der Waals surface area contributed by atoms with E-state index in [9.17, 15) is 0 Å². The Morgan fingerprint density at radius 2 is 2.06 bits per heavy atom. The largest absolute Gasteiger partial charge is 0.487 e. The summed E-state index contributed by atoms with van der Waals surface area (Å²) in [6.45, 7) is 12.7. The summed E-state index contributed by atoms with van der Waals surface area (Å²) in [6, 6.07) is 4.29. The molecule has 0 amide bonds. The Bertz CT molecular complexity index is 358. The number of rotatable bonds is 6. The third kappa shape index (κ3) is 3.70. The van der Waals surface area contributed by atoms with Crippen molar-refractivity contribution in [2.24, 2.45) is 0 Å². The summed E-state index contributed by atoms with van der Waals surface area (Å²) >= 11 is 0. The highest BCUT2D eigenvalue weighted by Crippen LogP contribution is 2.22. The number of nitrogens with two attached hydrogens (primary N) is 1. The topological polar surface area (TPSA) is 25.8 Å². The van der Waals surface area contributed by atoms with Gasteiger partial charge in [0.15, 0.2) is 0 Å². The third-order valence-electron chi connectivity index (χ3n) is 2.68. The molecule has 0 aliphatic rings. The molecule has 2 nitrogen and oxygen atoms in total. The quantitative estimate of drug-likeness (QED) is 0.573. The molecule has 88 valence electrons. The fourth-order valence-electron chi connectivity index (χ4n) is 1.64. The Morgan fingerprint density at radius 1 is 1.31 bits per heavy atom. The van der Waals surface area contributed by atoms with Crippen molar-refractivity contribution < 1.29 is 10.1 Å². The van der Waals surface area contributed by atoms with Crippen LogP contribution in [0.3, 0.4) is 0 Å². The molecule has 0 atom stereocenters. The van der Waals surface area contributed by atoms with Crippen LogP contribution in [0.25, 0.3) is 0 Å². The molecule has 0 saturated carbocycles. The molecule has 1 rings (SSSR count). The zero-order chi connectivity index (χ0) is 12.0. The Labute approximate surface area is 98.3 Å². The lowest BCUT2D eigenvalue weighted by Gasteiger charge is -2.11. The Kier molecular flexibility index (Phi) is 5.06. The predicted molar refractivity (Wildman–Crippen MR) is 68.0 cm³/mol. The van der Waals surface area contributed by atoms with Crippen molar-refractivity contribution in [1.82, 2.24) is 0 Å². The first-order valence-electron chi connectivity index (χ1n) is 5.78. The standard InChI is InChI=1S/C14H21NO/c1-5-6-15-7-8-16-14-10-11(2)9-12(3)13(14)4/h5,9-10,15H,1,6-8H2,2-4H3/p+1. The molecule has 0 radical (unpaired) electrons. The summed E-state index contributed by atoms with van der Waals surface area (Å²) in [5.41, 5.74) is 3.80. The summed E-state index contributed by atoms with van der Waals surface area (Å²) in [5, 5.41) is 2.19. The molecule has 1 aromatic rings. The fraction of sp³-hybridized carbons (Fsp3) is 0.429. The van der Waals surface area contributed by atoms with E-state index in [1.807, 2.05) is 6.08 Å². The van der Waals surface area contributed by atoms with Gasteiger partial charge < -0.3 is 10.1 Å². The van der Waals surface area contributed by atoms with Crippen molar-refractivity contribution in [3.8, 4) is 5.75 Å². The van der Waals surface area contributed by atoms with E-state index in [2.05, 4.69) is 44.8 Å². The second-order valence-corrected chi connectivity index (χ2v) is 4.16. The predicted octanol–water partition coefficient (Wildman–Crippen LogP) is 1.74. The first-order valence-corrected chi connectivity index (χ1v) is 5.78. The minimum Gasteiger partial charge on any atom is -0.487 e. The van der Waals surface area contributed by atoms with Crippen molar-refractivity contribution in [2.45, 2.75) is 20.8 Å². The number of aryl methyl sites for hydroxylation is 2. The van der Waals surface area contributed by atoms with Crippen molar-refractivity contribution in [3.63, 3.8) is 0 Å². The van der Waals surface area contributed by atoms with Gasteiger partial charge in [-0.2, -0.15) is 0 Å². The average Bonchev–Trinajstić information content (AvgIpc) is 2.24. The van der Waals surface area contributed by atoms with Gasteiger partial charge in [-0.1, -0.05) is 12.6 Å². The normalized spacial score (nSPS) is 10.2. The minimum atomic E-state index is 0.748. The molecule has 1 aromatic carbocycles. The van der Waals surface area contributed by atoms with Gasteiger partial charge in [0.05, 0.1) is 6.54 Å². The van der Waals surface area contributed by atoms with Crippen LogP contribution in [-0.4, -0.2) is 19.7 Å². The van der Waals surface area contributed by atoms with Crippen molar-refractivity contribution in [3.05, 3.63) is 41.5 Å². The van der Waals surface area contributed by atoms with Gasteiger partial charge in [0, 0.05) is 0 Å². The van der Waals surface area contributed by atoms with Crippen LogP contribution in [0.1, 0.15) is 16.7 Å². The number of ether oxygens (including phenoxy) is 1. The molecule has 0 heterocycles. The van der Waals surface area contributed by atoms with E-state index in [1.54, 1.807) is 0 Å². The van der Waals surface area contributed by atoms with Gasteiger partial charge in [-0.25, -0.2) is 0 Å². The van der Waals surface area contributed by atoms with Gasteiger partial charge in [-0.3, -0.25) is 0 Å². The Hall–Kier alpha value is -1.28. The van der Waals surface area contributed by atoms with Crippen LogP contribution in [0, 0.1) is 20.8 Å². The third-order valence-corrected chi connectivity index (χ3v) is 2.68. The highest BCUT2D eigenvalue weighted by atomic mass is 16.5. The maximum absolute atomic E-state index is 5.78. The van der Waals surface area contributed by atoms with Gasteiger partial charge in [-0.15, -0.1) is 0 Å². The Morgan fingerprint density at radius 3 is 2.75 bits per heavy atom. The molecule has 2 N–H and O–H groups in total. The molecule has 0 unspecified atom stereocenters. The number of hydrogen-bond donors (Lipinski definition) is 1. The maximum atomic E-state index is 5.78. The highest BCUT2D eigenvalue weighted by molar-refractivity contribution is 5.41. The van der Waals surface area contributed by atoms with Gasteiger partial charge >= 0.3 is 0 Å². The number of quaternary nitrogens is 1. The molecule has 0 bridgehead atoms. The molecule has 0 fully saturated rings. The molecule has 0 aliphatic carbocycles. The molecule has 16 heavy (non-hydrogen) atoms.